The van der Waals surface area contributed by atoms with Crippen LogP contribution in [-0.2, 0) is 16.8 Å². The van der Waals surface area contributed by atoms with Crippen LogP contribution in [0, 0.1) is 5.95 Å². The average molecular weight is 598 g/mol. The van der Waals surface area contributed by atoms with Crippen LogP contribution in [0.25, 0.3) is 0 Å². The second-order valence-electron chi connectivity index (χ2n) is 9.99. The Bertz CT molecular complexity index is 1650. The molecule has 3 aromatic heterocycles. The van der Waals surface area contributed by atoms with E-state index >= 15 is 0 Å². The molecule has 3 N–H and O–H groups in total. The summed E-state index contributed by atoms with van der Waals surface area (Å²) in [5, 5.41) is 10.5. The zero-order chi connectivity index (χ0) is 28.6. The summed E-state index contributed by atoms with van der Waals surface area (Å²) in [6.45, 7) is 1.70. The molecule has 0 aliphatic carbocycles. The molecule has 6 rings (SSSR count). The van der Waals surface area contributed by atoms with Crippen LogP contribution in [0.1, 0.15) is 40.6 Å². The first-order valence-corrected chi connectivity index (χ1v) is 15.4. The average Bonchev–Trinajstić information content (AvgIpc) is 3.67. The van der Waals surface area contributed by atoms with E-state index in [9.17, 15) is 17.6 Å². The van der Waals surface area contributed by atoms with Crippen LogP contribution in [0.5, 0.6) is 5.75 Å². The quantitative estimate of drug-likeness (QED) is 0.282. The maximum Gasteiger partial charge on any atom is 0.277 e. The zero-order valence-corrected chi connectivity index (χ0v) is 23.5. The van der Waals surface area contributed by atoms with Crippen LogP contribution in [0.3, 0.4) is 0 Å². The number of aromatic nitrogens is 3. The Kier molecular flexibility index (Phi) is 7.46. The molecule has 5 heterocycles. The van der Waals surface area contributed by atoms with E-state index in [4.69, 9.17) is 14.9 Å². The lowest BCUT2D eigenvalue weighted by molar-refractivity contribution is 0.0762. The van der Waals surface area contributed by atoms with Crippen molar-refractivity contribution in [2.45, 2.75) is 31.5 Å². The number of halogens is 1. The fourth-order valence-electron chi connectivity index (χ4n) is 5.13. The van der Waals surface area contributed by atoms with E-state index in [2.05, 4.69) is 15.2 Å². The second kappa shape index (κ2) is 11.2. The number of anilines is 2. The summed E-state index contributed by atoms with van der Waals surface area (Å²) in [5.74, 6) is -0.183. The molecule has 0 saturated carbocycles. The van der Waals surface area contributed by atoms with Gasteiger partial charge in [0.15, 0.2) is 5.13 Å². The van der Waals surface area contributed by atoms with Crippen LogP contribution in [0.15, 0.2) is 66.3 Å². The fourth-order valence-corrected chi connectivity index (χ4v) is 6.63. The van der Waals surface area contributed by atoms with Crippen molar-refractivity contribution in [3.63, 3.8) is 0 Å². The number of thiazole rings is 1. The summed E-state index contributed by atoms with van der Waals surface area (Å²) in [7, 11) is -3.67. The van der Waals surface area contributed by atoms with Gasteiger partial charge in [0.25, 0.3) is 16.1 Å². The summed E-state index contributed by atoms with van der Waals surface area (Å²) in [6, 6.07) is 14.4. The van der Waals surface area contributed by atoms with E-state index in [1.54, 1.807) is 29.0 Å². The maximum absolute atomic E-state index is 13.5. The number of amides is 1. The monoisotopic (exact) mass is 597 g/mol. The predicted molar refractivity (Wildman–Crippen MR) is 153 cm³/mol. The highest BCUT2D eigenvalue weighted by molar-refractivity contribution is 7.86. The Labute approximate surface area is 240 Å². The fraction of sp³-hybridized carbons (Fsp3) is 0.296. The Morgan fingerprint density at radius 3 is 2.76 bits per heavy atom. The largest absolute Gasteiger partial charge is 0.488 e. The molecule has 0 bridgehead atoms. The zero-order valence-electron chi connectivity index (χ0n) is 21.9. The SMILES string of the molecule is NS(=O)(=O)N1CC(Oc2ccc(N3CCCC3c3csc(NC(=O)c4cccn4Cc4ccnc(F)c4)n3)cc2)C1. The van der Waals surface area contributed by atoms with Gasteiger partial charge in [0.1, 0.15) is 17.5 Å². The van der Waals surface area contributed by atoms with Gasteiger partial charge in [-0.2, -0.15) is 17.1 Å². The smallest absolute Gasteiger partial charge is 0.277 e. The van der Waals surface area contributed by atoms with Crippen molar-refractivity contribution >= 4 is 38.3 Å². The summed E-state index contributed by atoms with van der Waals surface area (Å²) >= 11 is 1.38. The number of nitrogens with one attached hydrogen (secondary N) is 1. The predicted octanol–water partition coefficient (Wildman–Crippen LogP) is 3.39. The van der Waals surface area contributed by atoms with E-state index in [0.717, 1.165) is 30.8 Å². The molecule has 1 atom stereocenters. The van der Waals surface area contributed by atoms with E-state index in [-0.39, 0.29) is 31.1 Å². The number of hydrogen-bond acceptors (Lipinski definition) is 8. The minimum atomic E-state index is -3.67. The van der Waals surface area contributed by atoms with Gasteiger partial charge >= 0.3 is 0 Å². The highest BCUT2D eigenvalue weighted by Crippen LogP contribution is 2.38. The lowest BCUT2D eigenvalue weighted by Gasteiger charge is -2.36. The first-order valence-electron chi connectivity index (χ1n) is 13.1. The number of carbonyl (C=O) groups excluding carboxylic acids is 1. The molecule has 1 amide bonds. The van der Waals surface area contributed by atoms with Gasteiger partial charge in [-0.1, -0.05) is 0 Å². The second-order valence-corrected chi connectivity index (χ2v) is 12.4. The van der Waals surface area contributed by atoms with Gasteiger partial charge < -0.3 is 14.2 Å². The molecule has 0 spiro atoms. The van der Waals surface area contributed by atoms with Gasteiger partial charge in [0.2, 0.25) is 5.95 Å². The Morgan fingerprint density at radius 1 is 1.20 bits per heavy atom. The molecule has 1 aromatic carbocycles. The number of pyridine rings is 1. The standard InChI is InChI=1S/C27H28FN7O4S2/c28-25-13-18(9-10-30-25)14-33-11-1-4-24(33)26(36)32-27-31-22(17-40-27)23-3-2-12-35(23)19-5-7-20(8-6-19)39-21-15-34(16-21)41(29,37)38/h1,4-11,13,17,21,23H,2-3,12,14-16H2,(H2,29,37,38)(H,31,32,36). The normalized spacial score (nSPS) is 17.9. The third-order valence-corrected chi connectivity index (χ3v) is 8.98. The van der Waals surface area contributed by atoms with E-state index in [1.165, 1.54) is 27.9 Å². The van der Waals surface area contributed by atoms with Crippen LogP contribution >= 0.6 is 11.3 Å². The molecule has 41 heavy (non-hydrogen) atoms. The molecular weight excluding hydrogens is 569 g/mol. The van der Waals surface area contributed by atoms with Gasteiger partial charge in [0.05, 0.1) is 24.8 Å². The first-order chi connectivity index (χ1) is 19.7. The van der Waals surface area contributed by atoms with Gasteiger partial charge in [-0.05, 0) is 66.9 Å². The maximum atomic E-state index is 13.5. The number of hydrogen-bond donors (Lipinski definition) is 2. The van der Waals surface area contributed by atoms with E-state index < -0.39 is 16.2 Å². The van der Waals surface area contributed by atoms with Crippen molar-refractivity contribution in [2.24, 2.45) is 5.14 Å². The summed E-state index contributed by atoms with van der Waals surface area (Å²) in [4.78, 5) is 23.7. The van der Waals surface area contributed by atoms with Crippen molar-refractivity contribution in [3.05, 3.63) is 89.2 Å². The molecule has 2 aliphatic rings. The Balaban J connectivity index is 1.08. The van der Waals surface area contributed by atoms with Gasteiger partial charge in [-0.25, -0.2) is 15.1 Å². The van der Waals surface area contributed by atoms with Crippen LogP contribution in [0.2, 0.25) is 0 Å². The molecule has 2 saturated heterocycles. The lowest BCUT2D eigenvalue weighted by atomic mass is 10.1. The third kappa shape index (κ3) is 6.10. The summed E-state index contributed by atoms with van der Waals surface area (Å²) in [5.41, 5.74) is 3.08. The molecule has 11 nitrogen and oxygen atoms in total. The highest BCUT2D eigenvalue weighted by Gasteiger charge is 2.35. The summed E-state index contributed by atoms with van der Waals surface area (Å²) in [6.07, 6.45) is 4.91. The molecular formula is C27H28FN7O4S2. The highest BCUT2D eigenvalue weighted by atomic mass is 32.2. The molecule has 0 radical (unpaired) electrons. The van der Waals surface area contributed by atoms with Gasteiger partial charge in [-0.3, -0.25) is 10.1 Å². The Hall–Kier alpha value is -3.85. The van der Waals surface area contributed by atoms with Crippen LogP contribution < -0.4 is 20.1 Å². The van der Waals surface area contributed by atoms with E-state index in [1.807, 2.05) is 29.6 Å². The number of nitrogens with zero attached hydrogens (tertiary/aromatic N) is 5. The van der Waals surface area contributed by atoms with Crippen molar-refractivity contribution in [2.75, 3.05) is 29.9 Å². The lowest BCUT2D eigenvalue weighted by Crippen LogP contribution is -2.57. The van der Waals surface area contributed by atoms with Crippen LogP contribution in [-0.4, -0.2) is 58.9 Å². The minimum absolute atomic E-state index is 0.0732. The van der Waals surface area contributed by atoms with Crippen LogP contribution in [0.4, 0.5) is 15.2 Å². The van der Waals surface area contributed by atoms with E-state index in [0.29, 0.717) is 28.7 Å². The number of nitrogens with two attached hydrogens (primary N) is 1. The van der Waals surface area contributed by atoms with Crippen molar-refractivity contribution in [3.8, 4) is 5.75 Å². The first kappa shape index (κ1) is 27.3. The molecule has 1 unspecified atom stereocenters. The molecule has 4 aromatic rings. The molecule has 2 fully saturated rings. The molecule has 2 aliphatic heterocycles. The van der Waals surface area contributed by atoms with Crippen molar-refractivity contribution in [1.29, 1.82) is 0 Å². The topological polar surface area (TPSA) is 136 Å². The Morgan fingerprint density at radius 2 is 2.00 bits per heavy atom. The summed E-state index contributed by atoms with van der Waals surface area (Å²) < 4.78 is 45.0. The van der Waals surface area contributed by atoms with Crippen molar-refractivity contribution < 1.29 is 22.3 Å². The van der Waals surface area contributed by atoms with Gasteiger partial charge in [-0.15, -0.1) is 11.3 Å². The minimum Gasteiger partial charge on any atom is -0.488 e. The van der Waals surface area contributed by atoms with Gasteiger partial charge in [0, 0.05) is 36.6 Å². The van der Waals surface area contributed by atoms with Crippen molar-refractivity contribution in [1.82, 2.24) is 18.8 Å². The molecule has 214 valence electrons. The third-order valence-electron chi connectivity index (χ3n) is 7.19. The molecule has 14 heteroatoms. The number of ether oxygens (including phenoxy) is 1. The number of carbonyl (C=O) groups is 1. The number of benzene rings is 1. The number of rotatable bonds is 9.